The fourth-order valence-corrected chi connectivity index (χ4v) is 0.260. The first-order chi connectivity index (χ1) is 6.34. The summed E-state index contributed by atoms with van der Waals surface area (Å²) in [5, 5.41) is 15.8. The van der Waals surface area contributed by atoms with Gasteiger partial charge in [-0.05, 0) is 0 Å². The van der Waals surface area contributed by atoms with Gasteiger partial charge < -0.3 is 25.2 Å². The highest BCUT2D eigenvalue weighted by Gasteiger charge is 2.24. The summed E-state index contributed by atoms with van der Waals surface area (Å²) in [6, 6.07) is 0. The molecule has 0 aromatic rings. The molecule has 84 valence electrons. The fourth-order valence-electron chi connectivity index (χ4n) is 0.260. The van der Waals surface area contributed by atoms with Gasteiger partial charge in [0.25, 0.3) is 0 Å². The second-order valence-corrected chi connectivity index (χ2v) is 1.64. The van der Waals surface area contributed by atoms with Crippen molar-refractivity contribution in [3.63, 3.8) is 0 Å². The van der Waals surface area contributed by atoms with Crippen molar-refractivity contribution in [2.75, 3.05) is 0 Å². The van der Waals surface area contributed by atoms with Crippen molar-refractivity contribution in [2.24, 2.45) is 0 Å². The summed E-state index contributed by atoms with van der Waals surface area (Å²) >= 11 is 0. The molecular weight excluding hydrogens is 220 g/mol. The van der Waals surface area contributed by atoms with Gasteiger partial charge in [0.1, 0.15) is 0 Å². The maximum Gasteiger partial charge on any atom is 0.524 e. The molecule has 10 heteroatoms. The van der Waals surface area contributed by atoms with Crippen LogP contribution in [0.1, 0.15) is 0 Å². The van der Waals surface area contributed by atoms with E-state index in [4.69, 9.17) is 10.2 Å². The van der Waals surface area contributed by atoms with Crippen LogP contribution in [0.2, 0.25) is 0 Å². The maximum absolute atomic E-state index is 10.3. The van der Waals surface area contributed by atoms with Crippen LogP contribution in [0, 0.1) is 0 Å². The number of esters is 2. The zero-order valence-corrected chi connectivity index (χ0v) is 6.75. The van der Waals surface area contributed by atoms with Crippen molar-refractivity contribution in [1.29, 1.82) is 0 Å². The van der Waals surface area contributed by atoms with Crippen LogP contribution in [-0.2, 0) is 28.7 Å². The van der Waals surface area contributed by atoms with Gasteiger partial charge in [-0.1, -0.05) is 0 Å². The summed E-state index contributed by atoms with van der Waals surface area (Å²) < 4.78 is 6.70. The lowest BCUT2D eigenvalue weighted by Gasteiger charge is -1.97. The molecule has 0 saturated heterocycles. The van der Waals surface area contributed by atoms with Crippen LogP contribution in [0.4, 0.5) is 4.79 Å². The van der Waals surface area contributed by atoms with Crippen LogP contribution in [0.3, 0.4) is 0 Å². The van der Waals surface area contributed by atoms with Gasteiger partial charge in [0.15, 0.2) is 0 Å². The monoisotopic (exact) mass is 224 g/mol. The SMILES string of the molecule is O.O=C(OC(=O)C(=O)O)OC(=O)C(=O)O. The minimum absolute atomic E-state index is 0. The normalized spacial score (nSPS) is 8.00. The molecule has 0 spiro atoms. The fraction of sp³-hybridized carbons (Fsp3) is 0. The highest BCUT2D eigenvalue weighted by Crippen LogP contribution is 1.88. The number of carboxylic acid groups (broad SMARTS) is 2. The molecule has 0 heterocycles. The van der Waals surface area contributed by atoms with Crippen molar-refractivity contribution in [3.8, 4) is 0 Å². The average molecular weight is 224 g/mol. The number of hydrogen-bond donors (Lipinski definition) is 2. The minimum atomic E-state index is -2.09. The average Bonchev–Trinajstić information content (AvgIpc) is 2.03. The molecule has 0 amide bonds. The standard InChI is InChI=1S/C5H2O9.H2O/c6-1(7)3(10)13-5(12)14-4(11)2(8)9;/h(H,6,7)(H,8,9);1H2. The van der Waals surface area contributed by atoms with Gasteiger partial charge in [-0.15, -0.1) is 0 Å². The van der Waals surface area contributed by atoms with Crippen LogP contribution < -0.4 is 0 Å². The molecule has 0 aromatic carbocycles. The topological polar surface area (TPSA) is 176 Å². The molecule has 0 rings (SSSR count). The Morgan fingerprint density at radius 3 is 1.20 bits per heavy atom. The van der Waals surface area contributed by atoms with E-state index in [1.165, 1.54) is 0 Å². The molecule has 0 aromatic heterocycles. The van der Waals surface area contributed by atoms with Gasteiger partial charge in [-0.25, -0.2) is 24.0 Å². The van der Waals surface area contributed by atoms with Gasteiger partial charge in [0.05, 0.1) is 0 Å². The smallest absolute Gasteiger partial charge is 0.473 e. The Hall–Kier alpha value is -2.49. The molecule has 0 saturated carbocycles. The number of carboxylic acids is 2. The third-order valence-electron chi connectivity index (χ3n) is 0.701. The van der Waals surface area contributed by atoms with Gasteiger partial charge in [0.2, 0.25) is 0 Å². The number of carbonyl (C=O) groups is 5. The molecule has 0 unspecified atom stereocenters. The van der Waals surface area contributed by atoms with E-state index in [1.54, 1.807) is 0 Å². The van der Waals surface area contributed by atoms with Crippen molar-refractivity contribution < 1.29 is 49.1 Å². The molecule has 0 bridgehead atoms. The number of hydrogen-bond acceptors (Lipinski definition) is 7. The quantitative estimate of drug-likeness (QED) is 0.256. The van der Waals surface area contributed by atoms with Crippen LogP contribution in [0.15, 0.2) is 0 Å². The lowest BCUT2D eigenvalue weighted by molar-refractivity contribution is -0.166. The first kappa shape index (κ1) is 15.0. The van der Waals surface area contributed by atoms with Crippen molar-refractivity contribution in [3.05, 3.63) is 0 Å². The Bertz CT molecular complexity index is 284. The van der Waals surface area contributed by atoms with E-state index >= 15 is 0 Å². The zero-order valence-electron chi connectivity index (χ0n) is 6.75. The molecule has 0 fully saturated rings. The van der Waals surface area contributed by atoms with E-state index in [1.807, 2.05) is 0 Å². The second kappa shape index (κ2) is 6.04. The molecule has 0 radical (unpaired) electrons. The van der Waals surface area contributed by atoms with E-state index in [0.717, 1.165) is 0 Å². The number of ether oxygens (including phenoxy) is 2. The minimum Gasteiger partial charge on any atom is -0.473 e. The highest BCUT2D eigenvalue weighted by molar-refractivity contribution is 6.32. The Morgan fingerprint density at radius 2 is 1.00 bits per heavy atom. The van der Waals surface area contributed by atoms with Crippen LogP contribution in [-0.4, -0.2) is 45.7 Å². The molecule has 0 aliphatic carbocycles. The summed E-state index contributed by atoms with van der Waals surface area (Å²) in [6.07, 6.45) is -2.02. The molecular formula is C5H4O10. The molecule has 15 heavy (non-hydrogen) atoms. The first-order valence-electron chi connectivity index (χ1n) is 2.78. The Morgan fingerprint density at radius 1 is 0.733 bits per heavy atom. The third-order valence-corrected chi connectivity index (χ3v) is 0.701. The molecule has 0 atom stereocenters. The Labute approximate surface area is 80.3 Å². The van der Waals surface area contributed by atoms with Crippen LogP contribution in [0.25, 0.3) is 0 Å². The second-order valence-electron chi connectivity index (χ2n) is 1.64. The van der Waals surface area contributed by atoms with Crippen molar-refractivity contribution in [1.82, 2.24) is 0 Å². The molecule has 10 nitrogen and oxygen atoms in total. The molecule has 0 aliphatic heterocycles. The largest absolute Gasteiger partial charge is 0.524 e. The lowest BCUT2D eigenvalue weighted by atomic mass is 10.7. The van der Waals surface area contributed by atoms with E-state index in [2.05, 4.69) is 9.47 Å². The third kappa shape index (κ3) is 5.70. The van der Waals surface area contributed by atoms with E-state index in [0.29, 0.717) is 0 Å². The number of carbonyl (C=O) groups excluding carboxylic acids is 3. The zero-order chi connectivity index (χ0) is 11.3. The van der Waals surface area contributed by atoms with Gasteiger partial charge in [-0.3, -0.25) is 0 Å². The molecule has 0 aliphatic rings. The highest BCUT2D eigenvalue weighted by atomic mass is 16.8. The summed E-state index contributed by atoms with van der Waals surface area (Å²) in [7, 11) is 0. The lowest BCUT2D eigenvalue weighted by Crippen LogP contribution is -2.26. The first-order valence-corrected chi connectivity index (χ1v) is 2.78. The predicted molar refractivity (Wildman–Crippen MR) is 36.5 cm³/mol. The molecule has 4 N–H and O–H groups in total. The summed E-state index contributed by atoms with van der Waals surface area (Å²) in [6.45, 7) is 0. The maximum atomic E-state index is 10.3. The van der Waals surface area contributed by atoms with E-state index in [9.17, 15) is 24.0 Å². The van der Waals surface area contributed by atoms with Crippen LogP contribution in [0.5, 0.6) is 0 Å². The van der Waals surface area contributed by atoms with Crippen LogP contribution >= 0.6 is 0 Å². The Kier molecular flexibility index (Phi) is 6.04. The van der Waals surface area contributed by atoms with Gasteiger partial charge in [0, 0.05) is 0 Å². The Balaban J connectivity index is 0. The predicted octanol–water partition coefficient (Wildman–Crippen LogP) is -2.46. The summed E-state index contributed by atoms with van der Waals surface area (Å²) in [4.78, 5) is 50.0. The van der Waals surface area contributed by atoms with E-state index < -0.39 is 30.0 Å². The van der Waals surface area contributed by atoms with Gasteiger partial charge >= 0.3 is 30.0 Å². The van der Waals surface area contributed by atoms with E-state index in [-0.39, 0.29) is 5.48 Å². The van der Waals surface area contributed by atoms with Gasteiger partial charge in [-0.2, -0.15) is 0 Å². The van der Waals surface area contributed by atoms with Crippen molar-refractivity contribution >= 4 is 30.0 Å². The summed E-state index contributed by atoms with van der Waals surface area (Å²) in [5.41, 5.74) is 0. The number of aliphatic carboxylic acids is 2. The van der Waals surface area contributed by atoms with Crippen molar-refractivity contribution in [2.45, 2.75) is 0 Å². The number of rotatable bonds is 0. The summed E-state index contributed by atoms with van der Waals surface area (Å²) in [5.74, 6) is -8.17.